The monoisotopic (exact) mass is 458 g/mol. The van der Waals surface area contributed by atoms with Gasteiger partial charge in [0.1, 0.15) is 0 Å². The second-order valence-corrected chi connectivity index (χ2v) is 8.10. The van der Waals surface area contributed by atoms with Gasteiger partial charge in [-0.1, -0.05) is 18.9 Å². The molecule has 2 aliphatic heterocycles. The van der Waals surface area contributed by atoms with Crippen LogP contribution in [0, 0.1) is 5.92 Å². The Labute approximate surface area is 192 Å². The normalized spacial score (nSPS) is 17.7. The van der Waals surface area contributed by atoms with Crippen LogP contribution < -0.4 is 16.0 Å². The largest absolute Gasteiger partial charge is 0.326 e. The maximum absolute atomic E-state index is 12.4. The molecule has 0 bridgehead atoms. The van der Waals surface area contributed by atoms with Crippen molar-refractivity contribution in [3.05, 3.63) is 24.3 Å². The third kappa shape index (κ3) is 9.65. The predicted octanol–water partition coefficient (Wildman–Crippen LogP) is 4.06. The van der Waals surface area contributed by atoms with Gasteiger partial charge in [0.25, 0.3) is 0 Å². The fourth-order valence-corrected chi connectivity index (χ4v) is 4.10. The average Bonchev–Trinajstić information content (AvgIpc) is 2.96. The summed E-state index contributed by atoms with van der Waals surface area (Å²) < 4.78 is 0. The molecule has 1 aromatic carbocycles. The Morgan fingerprint density at radius 3 is 2.17 bits per heavy atom. The Kier molecular flexibility index (Phi) is 13.0. The Balaban J connectivity index is 0.00000225. The van der Waals surface area contributed by atoms with Crippen molar-refractivity contribution in [2.45, 2.75) is 51.4 Å². The van der Waals surface area contributed by atoms with Gasteiger partial charge >= 0.3 is 0 Å². The lowest BCUT2D eigenvalue weighted by molar-refractivity contribution is -0.117. The summed E-state index contributed by atoms with van der Waals surface area (Å²) in [6.45, 7) is 4.56. The minimum Gasteiger partial charge on any atom is -0.326 e. The second kappa shape index (κ2) is 14.6. The van der Waals surface area contributed by atoms with Gasteiger partial charge in [-0.15, -0.1) is 24.8 Å². The molecule has 0 aliphatic carbocycles. The van der Waals surface area contributed by atoms with Gasteiger partial charge < -0.3 is 16.0 Å². The lowest BCUT2D eigenvalue weighted by atomic mass is 9.93. The third-order valence-electron chi connectivity index (χ3n) is 5.73. The molecule has 0 spiro atoms. The van der Waals surface area contributed by atoms with Gasteiger partial charge in [0.15, 0.2) is 0 Å². The molecule has 2 heterocycles. The molecule has 2 saturated heterocycles. The van der Waals surface area contributed by atoms with Crippen molar-refractivity contribution in [3.8, 4) is 0 Å². The fourth-order valence-electron chi connectivity index (χ4n) is 4.10. The quantitative estimate of drug-likeness (QED) is 0.575. The van der Waals surface area contributed by atoms with E-state index in [2.05, 4.69) is 20.9 Å². The van der Waals surface area contributed by atoms with Crippen LogP contribution in [0.25, 0.3) is 0 Å². The number of piperidine rings is 1. The zero-order valence-electron chi connectivity index (χ0n) is 17.7. The minimum atomic E-state index is 0. The van der Waals surface area contributed by atoms with E-state index in [0.29, 0.717) is 18.9 Å². The highest BCUT2D eigenvalue weighted by molar-refractivity contribution is 5.94. The Morgan fingerprint density at radius 1 is 0.933 bits per heavy atom. The number of nitrogens with zero attached hydrogens (tertiary/aromatic N) is 1. The van der Waals surface area contributed by atoms with E-state index in [1.54, 1.807) is 0 Å². The van der Waals surface area contributed by atoms with Crippen molar-refractivity contribution in [2.75, 3.05) is 43.4 Å². The summed E-state index contributed by atoms with van der Waals surface area (Å²) in [5.74, 6) is 0.708. The number of rotatable bonds is 7. The molecule has 2 fully saturated rings. The third-order valence-corrected chi connectivity index (χ3v) is 5.73. The lowest BCUT2D eigenvalue weighted by Gasteiger charge is -2.22. The van der Waals surface area contributed by atoms with Crippen LogP contribution in [-0.2, 0) is 9.59 Å². The lowest BCUT2D eigenvalue weighted by Crippen LogP contribution is -2.33. The smallest absolute Gasteiger partial charge is 0.238 e. The van der Waals surface area contributed by atoms with Gasteiger partial charge in [-0.25, -0.2) is 0 Å². The zero-order chi connectivity index (χ0) is 19.6. The van der Waals surface area contributed by atoms with E-state index in [1.165, 1.54) is 25.7 Å². The van der Waals surface area contributed by atoms with Crippen LogP contribution in [0.3, 0.4) is 0 Å². The Hall–Kier alpha value is -1.34. The van der Waals surface area contributed by atoms with Crippen LogP contribution in [0.4, 0.5) is 11.4 Å². The van der Waals surface area contributed by atoms with Gasteiger partial charge in [0.05, 0.1) is 6.54 Å². The Bertz CT molecular complexity index is 646. The maximum Gasteiger partial charge on any atom is 0.238 e. The average molecular weight is 459 g/mol. The summed E-state index contributed by atoms with van der Waals surface area (Å²) in [7, 11) is 0. The number of carbonyl (C=O) groups excluding carboxylic acids is 2. The van der Waals surface area contributed by atoms with Crippen molar-refractivity contribution in [1.29, 1.82) is 0 Å². The highest BCUT2D eigenvalue weighted by Gasteiger charge is 2.15. The topological polar surface area (TPSA) is 73.5 Å². The van der Waals surface area contributed by atoms with E-state index >= 15 is 0 Å². The summed E-state index contributed by atoms with van der Waals surface area (Å²) in [6, 6.07) is 7.44. The van der Waals surface area contributed by atoms with E-state index in [0.717, 1.165) is 56.8 Å². The van der Waals surface area contributed by atoms with Crippen molar-refractivity contribution in [1.82, 2.24) is 10.2 Å². The van der Waals surface area contributed by atoms with E-state index in [4.69, 9.17) is 0 Å². The van der Waals surface area contributed by atoms with Gasteiger partial charge in [-0.05, 0) is 82.4 Å². The van der Waals surface area contributed by atoms with Crippen molar-refractivity contribution in [2.24, 2.45) is 5.92 Å². The van der Waals surface area contributed by atoms with E-state index in [-0.39, 0.29) is 36.6 Å². The summed E-state index contributed by atoms with van der Waals surface area (Å²) in [4.78, 5) is 26.9. The first-order valence-electron chi connectivity index (χ1n) is 10.8. The Morgan fingerprint density at radius 2 is 1.53 bits per heavy atom. The van der Waals surface area contributed by atoms with Gasteiger partial charge in [0, 0.05) is 17.8 Å². The van der Waals surface area contributed by atoms with E-state index in [9.17, 15) is 9.59 Å². The summed E-state index contributed by atoms with van der Waals surface area (Å²) in [5, 5.41) is 9.29. The second-order valence-electron chi connectivity index (χ2n) is 8.10. The number of halogens is 2. The molecule has 2 aliphatic rings. The number of carbonyl (C=O) groups is 2. The molecule has 3 rings (SSSR count). The first-order valence-corrected chi connectivity index (χ1v) is 10.8. The van der Waals surface area contributed by atoms with Crippen LogP contribution in [0.15, 0.2) is 24.3 Å². The standard InChI is InChI=1S/C22H34N4O2.2ClH/c27-21(9-8-18-10-12-23-13-11-18)24-19-6-5-7-20(16-19)25-22(28)17-26-14-3-1-2-4-15-26;;/h5-7,16,18,23H,1-4,8-15,17H2,(H,24,27)(H,25,28);2*1H. The number of likely N-dealkylation sites (tertiary alicyclic amines) is 1. The highest BCUT2D eigenvalue weighted by Crippen LogP contribution is 2.19. The molecule has 0 unspecified atom stereocenters. The molecule has 0 saturated carbocycles. The van der Waals surface area contributed by atoms with Gasteiger partial charge in [-0.2, -0.15) is 0 Å². The first-order chi connectivity index (χ1) is 13.7. The van der Waals surface area contributed by atoms with Crippen LogP contribution in [-0.4, -0.2) is 49.4 Å². The molecule has 8 heteroatoms. The zero-order valence-corrected chi connectivity index (χ0v) is 19.3. The molecule has 6 nitrogen and oxygen atoms in total. The number of amides is 2. The van der Waals surface area contributed by atoms with Gasteiger partial charge in [-0.3, -0.25) is 14.5 Å². The van der Waals surface area contributed by atoms with Crippen LogP contribution in [0.5, 0.6) is 0 Å². The summed E-state index contributed by atoms with van der Waals surface area (Å²) >= 11 is 0. The molecule has 30 heavy (non-hydrogen) atoms. The highest BCUT2D eigenvalue weighted by atomic mass is 35.5. The SMILES string of the molecule is Cl.Cl.O=C(CCC1CCNCC1)Nc1cccc(NC(=O)CN2CCCCCC2)c1. The van der Waals surface area contributed by atoms with E-state index in [1.807, 2.05) is 24.3 Å². The summed E-state index contributed by atoms with van der Waals surface area (Å²) in [5.41, 5.74) is 1.47. The molecule has 0 atom stereocenters. The first kappa shape index (κ1) is 26.7. The van der Waals surface area contributed by atoms with Crippen LogP contribution in [0.2, 0.25) is 0 Å². The number of anilines is 2. The van der Waals surface area contributed by atoms with Crippen molar-refractivity contribution < 1.29 is 9.59 Å². The molecule has 0 aromatic heterocycles. The fraction of sp³-hybridized carbons (Fsp3) is 0.636. The molecule has 1 aromatic rings. The predicted molar refractivity (Wildman–Crippen MR) is 128 cm³/mol. The number of nitrogens with one attached hydrogen (secondary N) is 3. The molecule has 3 N–H and O–H groups in total. The number of hydrogen-bond acceptors (Lipinski definition) is 4. The minimum absolute atomic E-state index is 0. The van der Waals surface area contributed by atoms with Crippen LogP contribution in [0.1, 0.15) is 51.4 Å². The molecular formula is C22H36Cl2N4O2. The molecule has 2 amide bonds. The molecule has 170 valence electrons. The molecular weight excluding hydrogens is 423 g/mol. The molecule has 0 radical (unpaired) electrons. The van der Waals surface area contributed by atoms with Crippen molar-refractivity contribution >= 4 is 48.0 Å². The number of hydrogen-bond donors (Lipinski definition) is 3. The van der Waals surface area contributed by atoms with Crippen molar-refractivity contribution in [3.63, 3.8) is 0 Å². The maximum atomic E-state index is 12.4. The van der Waals surface area contributed by atoms with Gasteiger partial charge in [0.2, 0.25) is 11.8 Å². The summed E-state index contributed by atoms with van der Waals surface area (Å²) in [6.07, 6.45) is 8.68. The number of benzene rings is 1. The van der Waals surface area contributed by atoms with E-state index < -0.39 is 0 Å². The van der Waals surface area contributed by atoms with Crippen LogP contribution >= 0.6 is 24.8 Å².